The molecular formula is C19H24N2O3S. The average molecular weight is 360 g/mol. The number of benzene rings is 1. The van der Waals surface area contributed by atoms with Gasteiger partial charge in [-0.15, -0.1) is 11.3 Å². The van der Waals surface area contributed by atoms with Crippen molar-refractivity contribution in [3.05, 3.63) is 57.3 Å². The Labute approximate surface area is 152 Å². The van der Waals surface area contributed by atoms with Crippen molar-refractivity contribution in [3.8, 4) is 0 Å². The van der Waals surface area contributed by atoms with Crippen LogP contribution in [0.4, 0.5) is 0 Å². The van der Waals surface area contributed by atoms with Crippen LogP contribution in [0, 0.1) is 0 Å². The molecule has 134 valence electrons. The van der Waals surface area contributed by atoms with Crippen LogP contribution in [-0.4, -0.2) is 44.5 Å². The largest absolute Gasteiger partial charge is 0.465 e. The number of carbonyl (C=O) groups excluding carboxylic acids is 2. The first-order chi connectivity index (χ1) is 12.0. The first kappa shape index (κ1) is 19.1. The van der Waals surface area contributed by atoms with Crippen molar-refractivity contribution in [2.75, 3.05) is 27.7 Å². The molecule has 25 heavy (non-hydrogen) atoms. The van der Waals surface area contributed by atoms with E-state index in [4.69, 9.17) is 0 Å². The first-order valence-electron chi connectivity index (χ1n) is 8.17. The van der Waals surface area contributed by atoms with Crippen molar-refractivity contribution in [2.45, 2.75) is 19.4 Å². The van der Waals surface area contributed by atoms with E-state index in [9.17, 15) is 9.59 Å². The van der Waals surface area contributed by atoms with Crippen molar-refractivity contribution in [1.82, 2.24) is 10.2 Å². The minimum absolute atomic E-state index is 0.0786. The Hall–Kier alpha value is -2.18. The number of nitrogens with zero attached hydrogens (tertiary/aromatic N) is 1. The summed E-state index contributed by atoms with van der Waals surface area (Å²) < 4.78 is 4.67. The van der Waals surface area contributed by atoms with E-state index in [2.05, 4.69) is 46.1 Å². The topological polar surface area (TPSA) is 58.6 Å². The average Bonchev–Trinajstić information content (AvgIpc) is 3.11. The monoisotopic (exact) mass is 360 g/mol. The second-order valence-corrected chi connectivity index (χ2v) is 7.02. The van der Waals surface area contributed by atoms with Crippen LogP contribution in [0.1, 0.15) is 43.4 Å². The third kappa shape index (κ3) is 4.90. The molecule has 2 aromatic rings. The number of ether oxygens (including phenoxy) is 1. The number of nitrogens with one attached hydrogen (secondary N) is 1. The Balaban J connectivity index is 2.03. The number of likely N-dealkylation sites (N-methyl/N-ethyl adjacent to an activating group) is 1. The van der Waals surface area contributed by atoms with Crippen LogP contribution in [0.3, 0.4) is 0 Å². The molecule has 5 nitrogen and oxygen atoms in total. The van der Waals surface area contributed by atoms with Crippen LogP contribution in [0.15, 0.2) is 36.4 Å². The summed E-state index contributed by atoms with van der Waals surface area (Å²) in [6.07, 6.45) is 1.00. The lowest BCUT2D eigenvalue weighted by Gasteiger charge is -2.25. The van der Waals surface area contributed by atoms with Crippen LogP contribution < -0.4 is 5.32 Å². The van der Waals surface area contributed by atoms with Gasteiger partial charge in [-0.25, -0.2) is 4.79 Å². The molecule has 2 rings (SSSR count). The normalized spacial score (nSPS) is 12.0. The molecule has 0 spiro atoms. The van der Waals surface area contributed by atoms with Crippen molar-refractivity contribution in [3.63, 3.8) is 0 Å². The molecule has 0 aliphatic carbocycles. The summed E-state index contributed by atoms with van der Waals surface area (Å²) in [7, 11) is 5.31. The number of methoxy groups -OCH3 is 1. The molecule has 1 aromatic heterocycles. The van der Waals surface area contributed by atoms with Crippen LogP contribution >= 0.6 is 11.3 Å². The van der Waals surface area contributed by atoms with Crippen molar-refractivity contribution < 1.29 is 14.3 Å². The number of carbonyl (C=O) groups is 2. The van der Waals surface area contributed by atoms with Gasteiger partial charge < -0.3 is 15.0 Å². The maximum Gasteiger partial charge on any atom is 0.348 e. The van der Waals surface area contributed by atoms with E-state index in [1.165, 1.54) is 12.7 Å². The second kappa shape index (κ2) is 8.78. The summed E-state index contributed by atoms with van der Waals surface area (Å²) >= 11 is 1.13. The Morgan fingerprint density at radius 1 is 1.12 bits per heavy atom. The van der Waals surface area contributed by atoms with Crippen molar-refractivity contribution in [1.29, 1.82) is 0 Å². The van der Waals surface area contributed by atoms with Gasteiger partial charge in [-0.05, 0) is 43.8 Å². The van der Waals surface area contributed by atoms with E-state index in [0.717, 1.165) is 23.3 Å². The zero-order chi connectivity index (χ0) is 18.4. The van der Waals surface area contributed by atoms with Crippen molar-refractivity contribution >= 4 is 23.2 Å². The second-order valence-electron chi connectivity index (χ2n) is 5.94. The maximum atomic E-state index is 12.4. The van der Waals surface area contributed by atoms with Gasteiger partial charge in [-0.3, -0.25) is 4.79 Å². The third-order valence-corrected chi connectivity index (χ3v) is 5.13. The molecule has 6 heteroatoms. The molecule has 0 saturated carbocycles. The van der Waals surface area contributed by atoms with Gasteiger partial charge in [0.1, 0.15) is 4.88 Å². The van der Waals surface area contributed by atoms with Gasteiger partial charge in [0.05, 0.1) is 18.0 Å². The van der Waals surface area contributed by atoms with Gasteiger partial charge in [0, 0.05) is 6.54 Å². The van der Waals surface area contributed by atoms with Gasteiger partial charge in [0.2, 0.25) is 0 Å². The van der Waals surface area contributed by atoms with Gasteiger partial charge >= 0.3 is 5.97 Å². The van der Waals surface area contributed by atoms with Gasteiger partial charge in [0.25, 0.3) is 5.91 Å². The van der Waals surface area contributed by atoms with E-state index in [0.29, 0.717) is 16.3 Å². The highest BCUT2D eigenvalue weighted by Crippen LogP contribution is 2.20. The molecule has 1 aromatic carbocycles. The Morgan fingerprint density at radius 2 is 1.76 bits per heavy atom. The number of aryl methyl sites for hydroxylation is 1. The predicted octanol–water partition coefficient (Wildman–Crippen LogP) is 3.13. The van der Waals surface area contributed by atoms with Crippen LogP contribution in [0.2, 0.25) is 0 Å². The number of hydrogen-bond acceptors (Lipinski definition) is 5. The van der Waals surface area contributed by atoms with Crippen LogP contribution in [0.5, 0.6) is 0 Å². The molecule has 0 saturated heterocycles. The lowest BCUT2D eigenvalue weighted by atomic mass is 10.0. The fourth-order valence-corrected chi connectivity index (χ4v) is 3.36. The van der Waals surface area contributed by atoms with Crippen LogP contribution in [0.25, 0.3) is 0 Å². The number of esters is 1. The zero-order valence-electron chi connectivity index (χ0n) is 15.0. The SMILES string of the molecule is CCc1ccc([C@H](CNC(=O)c2ccc(C(=O)OC)s2)N(C)C)cc1. The fourth-order valence-electron chi connectivity index (χ4n) is 2.52. The zero-order valence-corrected chi connectivity index (χ0v) is 15.9. The number of hydrogen-bond donors (Lipinski definition) is 1. The molecule has 0 radical (unpaired) electrons. The third-order valence-electron chi connectivity index (χ3n) is 4.07. The summed E-state index contributed by atoms with van der Waals surface area (Å²) in [4.78, 5) is 26.8. The number of thiophene rings is 1. The number of amides is 1. The lowest BCUT2D eigenvalue weighted by Crippen LogP contribution is -2.34. The summed E-state index contributed by atoms with van der Waals surface area (Å²) in [6, 6.07) is 11.8. The molecule has 1 atom stereocenters. The van der Waals surface area contributed by atoms with E-state index >= 15 is 0 Å². The van der Waals surface area contributed by atoms with Gasteiger partial charge in [-0.2, -0.15) is 0 Å². The van der Waals surface area contributed by atoms with Gasteiger partial charge in [0.15, 0.2) is 0 Å². The fraction of sp³-hybridized carbons (Fsp3) is 0.368. The van der Waals surface area contributed by atoms with Gasteiger partial charge in [-0.1, -0.05) is 31.2 Å². The van der Waals surface area contributed by atoms with E-state index in [1.807, 2.05) is 14.1 Å². The first-order valence-corrected chi connectivity index (χ1v) is 8.99. The molecule has 1 amide bonds. The molecule has 0 fully saturated rings. The summed E-state index contributed by atoms with van der Waals surface area (Å²) in [6.45, 7) is 2.62. The Kier molecular flexibility index (Phi) is 6.73. The summed E-state index contributed by atoms with van der Waals surface area (Å²) in [5.74, 6) is -0.608. The lowest BCUT2D eigenvalue weighted by molar-refractivity contribution is 0.0606. The van der Waals surface area contributed by atoms with E-state index in [-0.39, 0.29) is 11.9 Å². The highest BCUT2D eigenvalue weighted by atomic mass is 32.1. The molecule has 0 aliphatic rings. The molecule has 0 unspecified atom stereocenters. The van der Waals surface area contributed by atoms with E-state index in [1.54, 1.807) is 12.1 Å². The Bertz CT molecular complexity index is 723. The standard InChI is InChI=1S/C19H24N2O3S/c1-5-13-6-8-14(9-7-13)15(21(2)3)12-20-18(22)16-10-11-17(25-16)19(23)24-4/h6-11,15H,5,12H2,1-4H3,(H,20,22)/t15-/m0/s1. The minimum atomic E-state index is -0.425. The molecule has 0 bridgehead atoms. The summed E-state index contributed by atoms with van der Waals surface area (Å²) in [5.41, 5.74) is 2.45. The molecule has 1 heterocycles. The maximum absolute atomic E-state index is 12.4. The smallest absolute Gasteiger partial charge is 0.348 e. The molecule has 1 N–H and O–H groups in total. The number of rotatable bonds is 7. The van der Waals surface area contributed by atoms with E-state index < -0.39 is 5.97 Å². The Morgan fingerprint density at radius 3 is 2.32 bits per heavy atom. The molecule has 0 aliphatic heterocycles. The molecular weight excluding hydrogens is 336 g/mol. The van der Waals surface area contributed by atoms with Crippen LogP contribution in [-0.2, 0) is 11.2 Å². The highest BCUT2D eigenvalue weighted by molar-refractivity contribution is 7.15. The van der Waals surface area contributed by atoms with Crippen molar-refractivity contribution in [2.24, 2.45) is 0 Å². The quantitative estimate of drug-likeness (QED) is 0.771. The highest BCUT2D eigenvalue weighted by Gasteiger charge is 2.18. The predicted molar refractivity (Wildman–Crippen MR) is 100 cm³/mol. The minimum Gasteiger partial charge on any atom is -0.465 e. The summed E-state index contributed by atoms with van der Waals surface area (Å²) in [5, 5.41) is 2.96.